The molecular formula is C26H32O11. The number of aryl methyl sites for hydroxylation is 2. The third-order valence-electron chi connectivity index (χ3n) is 4.93. The summed E-state index contributed by atoms with van der Waals surface area (Å²) in [5.41, 5.74) is 0.244. The van der Waals surface area contributed by atoms with Crippen molar-refractivity contribution in [3.63, 3.8) is 0 Å². The van der Waals surface area contributed by atoms with Crippen molar-refractivity contribution in [3.8, 4) is 0 Å². The molecule has 0 amide bonds. The molecule has 2 N–H and O–H groups in total. The van der Waals surface area contributed by atoms with Gasteiger partial charge >= 0.3 is 23.9 Å². The average Bonchev–Trinajstić information content (AvgIpc) is 3.34. The topological polar surface area (TPSA) is 159 Å². The third kappa shape index (κ3) is 10.8. The largest absolute Gasteiger partial charge is 0.466 e. The lowest BCUT2D eigenvalue weighted by molar-refractivity contribution is -0.151. The molecule has 1 aromatic heterocycles. The molecule has 0 saturated heterocycles. The molecule has 11 heteroatoms. The van der Waals surface area contributed by atoms with Crippen molar-refractivity contribution in [2.24, 2.45) is 0 Å². The lowest BCUT2D eigenvalue weighted by Crippen LogP contribution is -2.27. The van der Waals surface area contributed by atoms with Gasteiger partial charge in [-0.25, -0.2) is 9.59 Å². The SMILES string of the molecule is CCCc1ccc(CCC(=O)OCC(O)COC(=O)c2ccc(C(=O)OCC(CO)OC(C)=O)cc2)o1. The van der Waals surface area contributed by atoms with E-state index in [1.165, 1.54) is 31.2 Å². The van der Waals surface area contributed by atoms with E-state index in [1.807, 2.05) is 19.1 Å². The minimum absolute atomic E-state index is 0.0881. The molecule has 2 atom stereocenters. The van der Waals surface area contributed by atoms with Crippen molar-refractivity contribution in [1.82, 2.24) is 0 Å². The van der Waals surface area contributed by atoms with Crippen molar-refractivity contribution >= 4 is 23.9 Å². The van der Waals surface area contributed by atoms with E-state index in [9.17, 15) is 24.3 Å². The molecule has 0 aliphatic rings. The monoisotopic (exact) mass is 520 g/mol. The minimum atomic E-state index is -1.21. The maximum Gasteiger partial charge on any atom is 0.338 e. The second-order valence-electron chi connectivity index (χ2n) is 8.14. The van der Waals surface area contributed by atoms with Gasteiger partial charge in [-0.2, -0.15) is 0 Å². The molecule has 1 aromatic carbocycles. The Kier molecular flexibility index (Phi) is 12.3. The molecule has 202 valence electrons. The van der Waals surface area contributed by atoms with Gasteiger partial charge in [0.25, 0.3) is 0 Å². The van der Waals surface area contributed by atoms with E-state index < -0.39 is 49.3 Å². The number of carbonyl (C=O) groups excluding carboxylic acids is 4. The van der Waals surface area contributed by atoms with Crippen LogP contribution >= 0.6 is 0 Å². The first kappa shape index (κ1) is 29.5. The van der Waals surface area contributed by atoms with Crippen LogP contribution in [0.4, 0.5) is 0 Å². The van der Waals surface area contributed by atoms with Crippen LogP contribution in [0.1, 0.15) is 58.9 Å². The first-order valence-corrected chi connectivity index (χ1v) is 11.9. The van der Waals surface area contributed by atoms with Crippen LogP contribution in [0.5, 0.6) is 0 Å². The summed E-state index contributed by atoms with van der Waals surface area (Å²) in [6.07, 6.45) is 0.0756. The number of carbonyl (C=O) groups is 4. The Labute approximate surface area is 214 Å². The molecule has 1 heterocycles. The highest BCUT2D eigenvalue weighted by Gasteiger charge is 2.17. The lowest BCUT2D eigenvalue weighted by Gasteiger charge is -2.14. The number of ether oxygens (including phenoxy) is 4. The first-order valence-electron chi connectivity index (χ1n) is 11.9. The molecule has 0 bridgehead atoms. The van der Waals surface area contributed by atoms with Gasteiger partial charge < -0.3 is 33.6 Å². The first-order chi connectivity index (χ1) is 17.7. The van der Waals surface area contributed by atoms with Crippen LogP contribution in [0.2, 0.25) is 0 Å². The molecule has 2 unspecified atom stereocenters. The van der Waals surface area contributed by atoms with E-state index >= 15 is 0 Å². The third-order valence-corrected chi connectivity index (χ3v) is 4.93. The zero-order chi connectivity index (χ0) is 27.2. The number of rotatable bonds is 15. The summed E-state index contributed by atoms with van der Waals surface area (Å²) in [5, 5.41) is 19.1. The summed E-state index contributed by atoms with van der Waals surface area (Å²) < 4.78 is 25.4. The van der Waals surface area contributed by atoms with Crippen LogP contribution in [0, 0.1) is 0 Å². The Hall–Kier alpha value is -3.70. The van der Waals surface area contributed by atoms with Crippen LogP contribution in [-0.4, -0.2) is 72.7 Å². The summed E-state index contributed by atoms with van der Waals surface area (Å²) in [4.78, 5) is 47.1. The highest BCUT2D eigenvalue weighted by Crippen LogP contribution is 2.12. The zero-order valence-electron chi connectivity index (χ0n) is 20.8. The van der Waals surface area contributed by atoms with Crippen LogP contribution in [0.3, 0.4) is 0 Å². The van der Waals surface area contributed by atoms with Crippen LogP contribution in [0.15, 0.2) is 40.8 Å². The summed E-state index contributed by atoms with van der Waals surface area (Å²) in [6.45, 7) is 1.65. The predicted molar refractivity (Wildman–Crippen MR) is 128 cm³/mol. The molecule has 11 nitrogen and oxygen atoms in total. The summed E-state index contributed by atoms with van der Waals surface area (Å²) in [5.74, 6) is -1.07. The van der Waals surface area contributed by atoms with Crippen molar-refractivity contribution in [2.75, 3.05) is 26.4 Å². The quantitative estimate of drug-likeness (QED) is 0.261. The molecule has 0 aliphatic carbocycles. The van der Waals surface area contributed by atoms with Crippen LogP contribution < -0.4 is 0 Å². The van der Waals surface area contributed by atoms with E-state index in [1.54, 1.807) is 0 Å². The Bertz CT molecular complexity index is 1030. The maximum absolute atomic E-state index is 12.2. The molecule has 0 fully saturated rings. The Balaban J connectivity index is 1.69. The number of benzene rings is 1. The van der Waals surface area contributed by atoms with Gasteiger partial charge in [0.1, 0.15) is 37.4 Å². The Morgan fingerprint density at radius 2 is 1.38 bits per heavy atom. The maximum atomic E-state index is 12.2. The second kappa shape index (κ2) is 15.4. The Morgan fingerprint density at radius 1 is 0.838 bits per heavy atom. The fourth-order valence-electron chi connectivity index (χ4n) is 3.08. The van der Waals surface area contributed by atoms with Gasteiger partial charge in [0.15, 0.2) is 6.10 Å². The molecule has 2 aromatic rings. The van der Waals surface area contributed by atoms with Gasteiger partial charge in [0.05, 0.1) is 24.2 Å². The number of hydrogen-bond acceptors (Lipinski definition) is 11. The van der Waals surface area contributed by atoms with Crippen LogP contribution in [-0.2, 0) is 41.4 Å². The highest BCUT2D eigenvalue weighted by atomic mass is 16.6. The van der Waals surface area contributed by atoms with Gasteiger partial charge in [0.2, 0.25) is 0 Å². The van der Waals surface area contributed by atoms with E-state index in [4.69, 9.17) is 28.5 Å². The van der Waals surface area contributed by atoms with Gasteiger partial charge in [0, 0.05) is 19.8 Å². The molecule has 2 rings (SSSR count). The van der Waals surface area contributed by atoms with E-state index in [-0.39, 0.29) is 30.8 Å². The predicted octanol–water partition coefficient (Wildman–Crippen LogP) is 2.01. The number of hydrogen-bond donors (Lipinski definition) is 2. The van der Waals surface area contributed by atoms with Gasteiger partial charge in [-0.3, -0.25) is 9.59 Å². The smallest absolute Gasteiger partial charge is 0.338 e. The van der Waals surface area contributed by atoms with E-state index in [0.29, 0.717) is 12.2 Å². The minimum Gasteiger partial charge on any atom is -0.466 e. The van der Waals surface area contributed by atoms with Gasteiger partial charge in [-0.15, -0.1) is 0 Å². The summed E-state index contributed by atoms with van der Waals surface area (Å²) in [7, 11) is 0. The molecule has 0 saturated carbocycles. The van der Waals surface area contributed by atoms with Crippen molar-refractivity contribution in [3.05, 3.63) is 59.0 Å². The van der Waals surface area contributed by atoms with Crippen molar-refractivity contribution < 1.29 is 52.8 Å². The molecule has 0 aliphatic heterocycles. The molecule has 37 heavy (non-hydrogen) atoms. The normalized spacial score (nSPS) is 12.3. The molecule has 0 radical (unpaired) electrons. The zero-order valence-corrected chi connectivity index (χ0v) is 20.8. The van der Waals surface area contributed by atoms with Gasteiger partial charge in [-0.1, -0.05) is 6.92 Å². The average molecular weight is 521 g/mol. The fourth-order valence-corrected chi connectivity index (χ4v) is 3.08. The summed E-state index contributed by atoms with van der Waals surface area (Å²) >= 11 is 0. The molecular weight excluding hydrogens is 488 g/mol. The van der Waals surface area contributed by atoms with E-state index in [2.05, 4.69) is 0 Å². The van der Waals surface area contributed by atoms with Crippen molar-refractivity contribution in [2.45, 2.75) is 51.7 Å². The second-order valence-corrected chi connectivity index (χ2v) is 8.14. The Morgan fingerprint density at radius 3 is 1.92 bits per heavy atom. The highest BCUT2D eigenvalue weighted by molar-refractivity contribution is 5.93. The molecule has 0 spiro atoms. The standard InChI is InChI=1S/C26H32O11/c1-3-4-21-9-10-22(37-21)11-12-24(30)33-14-20(29)15-34-25(31)18-5-7-19(8-6-18)26(32)35-16-23(13-27)36-17(2)28/h5-10,20,23,27,29H,3-4,11-16H2,1-2H3. The lowest BCUT2D eigenvalue weighted by atomic mass is 10.1. The number of furan rings is 1. The number of esters is 4. The van der Waals surface area contributed by atoms with Gasteiger partial charge in [-0.05, 0) is 42.8 Å². The summed E-state index contributed by atoms with van der Waals surface area (Å²) in [6, 6.07) is 9.04. The van der Waals surface area contributed by atoms with Crippen molar-refractivity contribution in [1.29, 1.82) is 0 Å². The number of aliphatic hydroxyl groups is 2. The fraction of sp³-hybridized carbons (Fsp3) is 0.462. The van der Waals surface area contributed by atoms with Crippen LogP contribution in [0.25, 0.3) is 0 Å². The van der Waals surface area contributed by atoms with E-state index in [0.717, 1.165) is 18.6 Å². The number of aliphatic hydroxyl groups excluding tert-OH is 2.